The molecular formula is C17H20N2O2. The Kier molecular flexibility index (Phi) is 2.65. The number of fused-ring (bicyclic) bond motifs is 2. The molecule has 2 aliphatic carbocycles. The van der Waals surface area contributed by atoms with E-state index in [1.807, 2.05) is 18.2 Å². The lowest BCUT2D eigenvalue weighted by Gasteiger charge is -2.04. The molecule has 2 aromatic rings. The molecule has 0 radical (unpaired) electrons. The topological polar surface area (TPSA) is 44.0 Å². The van der Waals surface area contributed by atoms with Crippen LogP contribution < -0.4 is 5.69 Å². The number of aryl methyl sites for hydroxylation is 2. The summed E-state index contributed by atoms with van der Waals surface area (Å²) < 4.78 is 3.24. The zero-order valence-electron chi connectivity index (χ0n) is 12.5. The number of imidazole rings is 1. The summed E-state index contributed by atoms with van der Waals surface area (Å²) in [6, 6.07) is 5.67. The van der Waals surface area contributed by atoms with Crippen molar-refractivity contribution in [2.75, 3.05) is 0 Å². The Labute approximate surface area is 123 Å². The average molecular weight is 284 g/mol. The number of Topliss-reactive ketones (excluding diaryl/α,β-unsaturated/α-hetero) is 1. The first-order valence-electron chi connectivity index (χ1n) is 7.79. The van der Waals surface area contributed by atoms with Gasteiger partial charge in [0, 0.05) is 25.6 Å². The Morgan fingerprint density at radius 1 is 1.05 bits per heavy atom. The van der Waals surface area contributed by atoms with Crippen LogP contribution in [0.3, 0.4) is 0 Å². The third-order valence-corrected chi connectivity index (χ3v) is 5.52. The first-order chi connectivity index (χ1) is 10.1. The molecule has 4 heteroatoms. The second-order valence-corrected chi connectivity index (χ2v) is 6.61. The number of carbonyl (C=O) groups is 1. The lowest BCUT2D eigenvalue weighted by molar-refractivity contribution is 0.0956. The van der Waals surface area contributed by atoms with Gasteiger partial charge >= 0.3 is 5.69 Å². The Morgan fingerprint density at radius 3 is 2.33 bits per heavy atom. The van der Waals surface area contributed by atoms with E-state index in [0.29, 0.717) is 11.8 Å². The van der Waals surface area contributed by atoms with Crippen LogP contribution in [0, 0.1) is 17.8 Å². The van der Waals surface area contributed by atoms with Gasteiger partial charge in [0.05, 0.1) is 11.0 Å². The van der Waals surface area contributed by atoms with Gasteiger partial charge in [0.1, 0.15) is 0 Å². The average Bonchev–Trinajstić information content (AvgIpc) is 3.21. The second kappa shape index (κ2) is 4.33. The van der Waals surface area contributed by atoms with E-state index in [1.165, 1.54) is 25.7 Å². The van der Waals surface area contributed by atoms with Crippen LogP contribution in [0.1, 0.15) is 36.0 Å². The lowest BCUT2D eigenvalue weighted by atomic mass is 10.0. The standard InChI is InChI=1S/C17H20N2O2/c1-18-13-8-7-10(9-14(13)19(2)17(18)21)16(20)15-11-5-3-4-6-12(11)15/h7-9,11-12,15H,3-6H2,1-2H3. The molecule has 110 valence electrons. The van der Waals surface area contributed by atoms with Crippen molar-refractivity contribution in [1.82, 2.24) is 9.13 Å². The minimum atomic E-state index is -0.0466. The summed E-state index contributed by atoms with van der Waals surface area (Å²) in [5.41, 5.74) is 2.45. The molecule has 0 bridgehead atoms. The molecule has 2 aliphatic rings. The molecule has 2 atom stereocenters. The Morgan fingerprint density at radius 2 is 1.67 bits per heavy atom. The van der Waals surface area contributed by atoms with Gasteiger partial charge in [-0.3, -0.25) is 13.9 Å². The number of benzene rings is 1. The van der Waals surface area contributed by atoms with Gasteiger partial charge < -0.3 is 0 Å². The molecule has 4 rings (SSSR count). The minimum Gasteiger partial charge on any atom is -0.295 e. The highest BCUT2D eigenvalue weighted by atomic mass is 16.1. The molecule has 0 N–H and O–H groups in total. The highest BCUT2D eigenvalue weighted by molar-refractivity contribution is 6.02. The number of carbonyl (C=O) groups excluding carboxylic acids is 1. The molecule has 0 saturated heterocycles. The van der Waals surface area contributed by atoms with E-state index >= 15 is 0 Å². The van der Waals surface area contributed by atoms with Crippen molar-refractivity contribution >= 4 is 16.8 Å². The maximum Gasteiger partial charge on any atom is 0.328 e. The van der Waals surface area contributed by atoms with Crippen molar-refractivity contribution in [2.24, 2.45) is 31.8 Å². The van der Waals surface area contributed by atoms with Gasteiger partial charge in [0.15, 0.2) is 5.78 Å². The van der Waals surface area contributed by atoms with Crippen LogP contribution in [-0.4, -0.2) is 14.9 Å². The van der Waals surface area contributed by atoms with Crippen LogP contribution in [0.15, 0.2) is 23.0 Å². The summed E-state index contributed by atoms with van der Waals surface area (Å²) in [5.74, 6) is 1.78. The number of ketones is 1. The maximum atomic E-state index is 12.7. The van der Waals surface area contributed by atoms with Gasteiger partial charge in [-0.15, -0.1) is 0 Å². The van der Waals surface area contributed by atoms with Gasteiger partial charge in [-0.25, -0.2) is 4.79 Å². The third-order valence-electron chi connectivity index (χ3n) is 5.52. The number of hydrogen-bond donors (Lipinski definition) is 0. The first-order valence-corrected chi connectivity index (χ1v) is 7.79. The minimum absolute atomic E-state index is 0.0466. The molecule has 0 spiro atoms. The molecule has 4 nitrogen and oxygen atoms in total. The highest BCUT2D eigenvalue weighted by Crippen LogP contribution is 2.56. The van der Waals surface area contributed by atoms with E-state index in [2.05, 4.69) is 0 Å². The maximum absolute atomic E-state index is 12.7. The highest BCUT2D eigenvalue weighted by Gasteiger charge is 2.54. The van der Waals surface area contributed by atoms with Gasteiger partial charge in [0.2, 0.25) is 0 Å². The predicted molar refractivity (Wildman–Crippen MR) is 81.4 cm³/mol. The van der Waals surface area contributed by atoms with Gasteiger partial charge in [-0.1, -0.05) is 12.8 Å². The summed E-state index contributed by atoms with van der Waals surface area (Å²) in [6.07, 6.45) is 4.98. The van der Waals surface area contributed by atoms with E-state index < -0.39 is 0 Å². The van der Waals surface area contributed by atoms with Crippen molar-refractivity contribution in [3.8, 4) is 0 Å². The van der Waals surface area contributed by atoms with Crippen molar-refractivity contribution in [1.29, 1.82) is 0 Å². The van der Waals surface area contributed by atoms with Crippen LogP contribution >= 0.6 is 0 Å². The molecule has 1 aromatic carbocycles. The van der Waals surface area contributed by atoms with Gasteiger partial charge in [0.25, 0.3) is 0 Å². The van der Waals surface area contributed by atoms with Crippen LogP contribution in [0.5, 0.6) is 0 Å². The number of hydrogen-bond acceptors (Lipinski definition) is 2. The zero-order valence-corrected chi connectivity index (χ0v) is 12.5. The van der Waals surface area contributed by atoms with E-state index in [1.54, 1.807) is 23.2 Å². The summed E-state index contributed by atoms with van der Waals surface area (Å²) in [6.45, 7) is 0. The van der Waals surface area contributed by atoms with Crippen molar-refractivity contribution in [2.45, 2.75) is 25.7 Å². The Balaban J connectivity index is 1.73. The zero-order chi connectivity index (χ0) is 14.7. The molecule has 21 heavy (non-hydrogen) atoms. The predicted octanol–water partition coefficient (Wildman–Crippen LogP) is 2.50. The van der Waals surface area contributed by atoms with Crippen LogP contribution in [-0.2, 0) is 14.1 Å². The third kappa shape index (κ3) is 1.74. The SMILES string of the molecule is Cn1c(=O)n(C)c2cc(C(=O)C3C4CCCCC43)ccc21. The molecule has 0 amide bonds. The number of aromatic nitrogens is 2. The largest absolute Gasteiger partial charge is 0.328 e. The second-order valence-electron chi connectivity index (χ2n) is 6.61. The summed E-state index contributed by atoms with van der Waals surface area (Å²) in [4.78, 5) is 24.7. The normalized spacial score (nSPS) is 27.6. The molecule has 1 heterocycles. The molecule has 0 aliphatic heterocycles. The smallest absolute Gasteiger partial charge is 0.295 e. The summed E-state index contributed by atoms with van der Waals surface area (Å²) in [5, 5.41) is 0. The van der Waals surface area contributed by atoms with E-state index in [4.69, 9.17) is 0 Å². The number of nitrogens with zero attached hydrogens (tertiary/aromatic N) is 2. The number of rotatable bonds is 2. The van der Waals surface area contributed by atoms with Crippen LogP contribution in [0.4, 0.5) is 0 Å². The molecular weight excluding hydrogens is 264 g/mol. The quantitative estimate of drug-likeness (QED) is 0.795. The van der Waals surface area contributed by atoms with Crippen LogP contribution in [0.25, 0.3) is 11.0 Å². The fraction of sp³-hybridized carbons (Fsp3) is 0.529. The first kappa shape index (κ1) is 12.9. The fourth-order valence-corrected chi connectivity index (χ4v) is 4.23. The summed E-state index contributed by atoms with van der Waals surface area (Å²) in [7, 11) is 3.53. The van der Waals surface area contributed by atoms with Crippen molar-refractivity contribution < 1.29 is 4.79 Å². The van der Waals surface area contributed by atoms with Gasteiger partial charge in [-0.2, -0.15) is 0 Å². The van der Waals surface area contributed by atoms with E-state index in [-0.39, 0.29) is 17.4 Å². The monoisotopic (exact) mass is 284 g/mol. The summed E-state index contributed by atoms with van der Waals surface area (Å²) >= 11 is 0. The Bertz CT molecular complexity index is 787. The van der Waals surface area contributed by atoms with Crippen molar-refractivity contribution in [3.63, 3.8) is 0 Å². The molecule has 1 aromatic heterocycles. The molecule has 2 unspecified atom stereocenters. The van der Waals surface area contributed by atoms with Gasteiger partial charge in [-0.05, 0) is 42.9 Å². The lowest BCUT2D eigenvalue weighted by Crippen LogP contribution is -2.19. The molecule has 2 saturated carbocycles. The van der Waals surface area contributed by atoms with E-state index in [0.717, 1.165) is 16.6 Å². The van der Waals surface area contributed by atoms with E-state index in [9.17, 15) is 9.59 Å². The van der Waals surface area contributed by atoms with Crippen molar-refractivity contribution in [3.05, 3.63) is 34.2 Å². The molecule has 2 fully saturated rings. The fourth-order valence-electron chi connectivity index (χ4n) is 4.23. The van der Waals surface area contributed by atoms with Crippen LogP contribution in [0.2, 0.25) is 0 Å². The Hall–Kier alpha value is -1.84.